The van der Waals surface area contributed by atoms with Gasteiger partial charge in [-0.2, -0.15) is 0 Å². The zero-order valence-corrected chi connectivity index (χ0v) is 20.0. The van der Waals surface area contributed by atoms with Crippen LogP contribution in [-0.2, 0) is 9.53 Å². The number of likely N-dealkylation sites (tertiary alicyclic amines) is 2. The van der Waals surface area contributed by atoms with E-state index in [0.717, 1.165) is 31.6 Å². The third-order valence-corrected chi connectivity index (χ3v) is 6.64. The predicted molar refractivity (Wildman–Crippen MR) is 124 cm³/mol. The van der Waals surface area contributed by atoms with Gasteiger partial charge in [0.2, 0.25) is 5.91 Å². The average Bonchev–Trinajstić information content (AvgIpc) is 2.74. The molecule has 31 heavy (non-hydrogen) atoms. The molecule has 0 spiro atoms. The van der Waals surface area contributed by atoms with Crippen LogP contribution in [0.1, 0.15) is 59.8 Å². The van der Waals surface area contributed by atoms with Crippen molar-refractivity contribution in [2.75, 3.05) is 31.5 Å². The number of piperidine rings is 2. The van der Waals surface area contributed by atoms with E-state index in [9.17, 15) is 9.59 Å². The van der Waals surface area contributed by atoms with E-state index in [-0.39, 0.29) is 12.0 Å². The number of amides is 2. The zero-order chi connectivity index (χ0) is 22.6. The van der Waals surface area contributed by atoms with Gasteiger partial charge in [0.25, 0.3) is 0 Å². The smallest absolute Gasteiger partial charge is 0.410 e. The molecule has 2 heterocycles. The van der Waals surface area contributed by atoms with Crippen LogP contribution in [0.4, 0.5) is 10.5 Å². The summed E-state index contributed by atoms with van der Waals surface area (Å²) in [5.41, 5.74) is -0.398. The molecule has 0 unspecified atom stereocenters. The highest BCUT2D eigenvalue weighted by Gasteiger charge is 2.45. The van der Waals surface area contributed by atoms with Gasteiger partial charge in [0, 0.05) is 36.9 Å². The third kappa shape index (κ3) is 6.06. The average molecular weight is 450 g/mol. The summed E-state index contributed by atoms with van der Waals surface area (Å²) in [4.78, 5) is 30.0. The number of rotatable bonds is 4. The van der Waals surface area contributed by atoms with Crippen molar-refractivity contribution >= 4 is 29.3 Å². The van der Waals surface area contributed by atoms with E-state index >= 15 is 0 Å². The van der Waals surface area contributed by atoms with Crippen molar-refractivity contribution in [3.8, 4) is 0 Å². The maximum absolute atomic E-state index is 13.7. The van der Waals surface area contributed by atoms with Crippen LogP contribution in [-0.4, -0.2) is 59.1 Å². The maximum atomic E-state index is 13.7. The van der Waals surface area contributed by atoms with Crippen LogP contribution >= 0.6 is 11.6 Å². The Morgan fingerprint density at radius 3 is 2.16 bits per heavy atom. The van der Waals surface area contributed by atoms with E-state index in [1.807, 2.05) is 49.9 Å². The topological polar surface area (TPSA) is 61.9 Å². The van der Waals surface area contributed by atoms with Gasteiger partial charge in [0.1, 0.15) is 11.1 Å². The Morgan fingerprint density at radius 1 is 1.06 bits per heavy atom. The summed E-state index contributed by atoms with van der Waals surface area (Å²) in [5, 5.41) is 4.18. The fourth-order valence-corrected chi connectivity index (χ4v) is 4.57. The van der Waals surface area contributed by atoms with Crippen LogP contribution in [0.25, 0.3) is 0 Å². The maximum Gasteiger partial charge on any atom is 0.410 e. The first-order chi connectivity index (χ1) is 14.6. The van der Waals surface area contributed by atoms with Crippen LogP contribution in [0.5, 0.6) is 0 Å². The minimum atomic E-state index is -0.731. The Bertz CT molecular complexity index is 759. The summed E-state index contributed by atoms with van der Waals surface area (Å²) in [6, 6.07) is 7.46. The van der Waals surface area contributed by atoms with Crippen molar-refractivity contribution < 1.29 is 14.3 Å². The molecule has 0 bridgehead atoms. The molecule has 2 aliphatic rings. The highest BCUT2D eigenvalue weighted by Crippen LogP contribution is 2.32. The molecule has 6 nitrogen and oxygen atoms in total. The Hall–Kier alpha value is -1.95. The van der Waals surface area contributed by atoms with E-state index in [2.05, 4.69) is 12.2 Å². The summed E-state index contributed by atoms with van der Waals surface area (Å²) >= 11 is 6.05. The number of carbonyl (C=O) groups is 2. The highest BCUT2D eigenvalue weighted by molar-refractivity contribution is 6.30. The summed E-state index contributed by atoms with van der Waals surface area (Å²) < 4.78 is 5.53. The van der Waals surface area contributed by atoms with E-state index in [0.29, 0.717) is 36.9 Å². The molecule has 7 heteroatoms. The zero-order valence-electron chi connectivity index (χ0n) is 19.2. The molecule has 0 atom stereocenters. The van der Waals surface area contributed by atoms with Crippen LogP contribution in [0, 0.1) is 5.92 Å². The van der Waals surface area contributed by atoms with Gasteiger partial charge < -0.3 is 19.9 Å². The highest BCUT2D eigenvalue weighted by atomic mass is 35.5. The molecule has 2 saturated heterocycles. The molecule has 1 N–H and O–H groups in total. The van der Waals surface area contributed by atoms with Crippen molar-refractivity contribution in [3.63, 3.8) is 0 Å². The van der Waals surface area contributed by atoms with Crippen molar-refractivity contribution in [2.24, 2.45) is 5.92 Å². The second kappa shape index (κ2) is 9.68. The number of ether oxygens (including phenoxy) is 1. The second-order valence-corrected chi connectivity index (χ2v) is 10.3. The molecular weight excluding hydrogens is 414 g/mol. The number of carbonyl (C=O) groups excluding carboxylic acids is 2. The van der Waals surface area contributed by atoms with Crippen LogP contribution in [0.2, 0.25) is 5.02 Å². The first-order valence-electron chi connectivity index (χ1n) is 11.4. The predicted octanol–water partition coefficient (Wildman–Crippen LogP) is 5.17. The van der Waals surface area contributed by atoms with Gasteiger partial charge in [-0.15, -0.1) is 0 Å². The second-order valence-electron chi connectivity index (χ2n) is 9.83. The molecule has 1 aromatic rings. The summed E-state index contributed by atoms with van der Waals surface area (Å²) in [7, 11) is 0. The first-order valence-corrected chi connectivity index (χ1v) is 11.8. The molecule has 3 rings (SSSR count). The SMILES string of the molecule is CCC1CCN(C(=O)C2(Nc3ccc(Cl)cc3)CCN(C(=O)OC(C)(C)C)CC2)CC1. The molecule has 2 fully saturated rings. The number of nitrogens with zero attached hydrogens (tertiary/aromatic N) is 2. The third-order valence-electron chi connectivity index (χ3n) is 6.39. The lowest BCUT2D eigenvalue weighted by molar-refractivity contribution is -0.139. The van der Waals surface area contributed by atoms with Crippen LogP contribution in [0.3, 0.4) is 0 Å². The Balaban J connectivity index is 1.75. The van der Waals surface area contributed by atoms with Gasteiger partial charge in [-0.05, 0) is 76.6 Å². The Labute approximate surface area is 191 Å². The fourth-order valence-electron chi connectivity index (χ4n) is 4.45. The van der Waals surface area contributed by atoms with Crippen LogP contribution in [0.15, 0.2) is 24.3 Å². The number of nitrogens with one attached hydrogen (secondary N) is 1. The number of anilines is 1. The first kappa shape index (κ1) is 23.7. The number of benzene rings is 1. The van der Waals surface area contributed by atoms with Gasteiger partial charge >= 0.3 is 6.09 Å². The number of halogens is 1. The fraction of sp³-hybridized carbons (Fsp3) is 0.667. The van der Waals surface area contributed by atoms with E-state index < -0.39 is 11.1 Å². The van der Waals surface area contributed by atoms with Crippen LogP contribution < -0.4 is 5.32 Å². The van der Waals surface area contributed by atoms with Gasteiger partial charge in [0.15, 0.2) is 0 Å². The molecule has 0 radical (unpaired) electrons. The molecule has 0 aromatic heterocycles. The Morgan fingerprint density at radius 2 is 1.65 bits per heavy atom. The van der Waals surface area contributed by atoms with E-state index in [4.69, 9.17) is 16.3 Å². The van der Waals surface area contributed by atoms with Crippen molar-refractivity contribution in [2.45, 2.75) is 70.9 Å². The summed E-state index contributed by atoms with van der Waals surface area (Å²) in [5.74, 6) is 0.846. The van der Waals surface area contributed by atoms with Crippen molar-refractivity contribution in [3.05, 3.63) is 29.3 Å². The number of hydrogen-bond acceptors (Lipinski definition) is 4. The van der Waals surface area contributed by atoms with Crippen molar-refractivity contribution in [1.29, 1.82) is 0 Å². The molecular formula is C24H36ClN3O3. The molecule has 2 aliphatic heterocycles. The van der Waals surface area contributed by atoms with Gasteiger partial charge in [-0.1, -0.05) is 24.9 Å². The Kier molecular flexibility index (Phi) is 7.40. The minimum absolute atomic E-state index is 0.140. The molecule has 0 aliphatic carbocycles. The summed E-state index contributed by atoms with van der Waals surface area (Å²) in [6.07, 6.45) is 4.06. The van der Waals surface area contributed by atoms with Gasteiger partial charge in [-0.25, -0.2) is 4.79 Å². The van der Waals surface area contributed by atoms with E-state index in [1.165, 1.54) is 6.42 Å². The quantitative estimate of drug-likeness (QED) is 0.688. The molecule has 2 amide bonds. The largest absolute Gasteiger partial charge is 0.444 e. The van der Waals surface area contributed by atoms with Gasteiger partial charge in [0.05, 0.1) is 0 Å². The standard InChI is InChI=1S/C24H36ClN3O3/c1-5-18-10-14-27(15-11-18)21(29)24(26-20-8-6-19(25)7-9-20)12-16-28(17-13-24)22(30)31-23(2,3)4/h6-9,18,26H,5,10-17H2,1-4H3. The lowest BCUT2D eigenvalue weighted by Gasteiger charge is -2.45. The molecule has 172 valence electrons. The summed E-state index contributed by atoms with van der Waals surface area (Å²) in [6.45, 7) is 10.4. The monoisotopic (exact) mass is 449 g/mol. The molecule has 0 saturated carbocycles. The number of hydrogen-bond donors (Lipinski definition) is 1. The lowest BCUT2D eigenvalue weighted by atomic mass is 9.84. The normalized spacial score (nSPS) is 19.8. The van der Waals surface area contributed by atoms with Crippen molar-refractivity contribution in [1.82, 2.24) is 9.80 Å². The minimum Gasteiger partial charge on any atom is -0.444 e. The van der Waals surface area contributed by atoms with Gasteiger partial charge in [-0.3, -0.25) is 4.79 Å². The van der Waals surface area contributed by atoms with E-state index in [1.54, 1.807) is 4.90 Å². The molecule has 1 aromatic carbocycles. The lowest BCUT2D eigenvalue weighted by Crippen LogP contribution is -2.61.